The topological polar surface area (TPSA) is 46.5 Å². The van der Waals surface area contributed by atoms with E-state index < -0.39 is 0 Å². The molecule has 0 aliphatic carbocycles. The van der Waals surface area contributed by atoms with E-state index in [0.29, 0.717) is 38.5 Å². The largest absolute Gasteiger partial charge is 0.379 e. The molecular formula is C19H24FN3O2. The first-order valence-corrected chi connectivity index (χ1v) is 8.51. The Morgan fingerprint density at radius 2 is 1.76 bits per heavy atom. The molecule has 1 amide bonds. The van der Waals surface area contributed by atoms with Gasteiger partial charge in [-0.25, -0.2) is 9.40 Å². The van der Waals surface area contributed by atoms with Crippen LogP contribution >= 0.6 is 0 Å². The number of aromatic nitrogens is 1. The second-order valence-electron chi connectivity index (χ2n) is 6.44. The lowest BCUT2D eigenvalue weighted by atomic mass is 10.1. The van der Waals surface area contributed by atoms with Gasteiger partial charge < -0.3 is 9.30 Å². The number of carbonyl (C=O) groups excluding carboxylic acids is 1. The summed E-state index contributed by atoms with van der Waals surface area (Å²) in [6.07, 6.45) is 0. The Morgan fingerprint density at radius 1 is 1.12 bits per heavy atom. The van der Waals surface area contributed by atoms with Crippen LogP contribution in [-0.2, 0) is 11.3 Å². The Balaban J connectivity index is 1.88. The maximum absolute atomic E-state index is 13.2. The van der Waals surface area contributed by atoms with Gasteiger partial charge in [-0.3, -0.25) is 10.2 Å². The normalized spacial score (nSPS) is 15.4. The Bertz CT molecular complexity index is 762. The van der Waals surface area contributed by atoms with E-state index >= 15 is 0 Å². The van der Waals surface area contributed by atoms with E-state index in [0.717, 1.165) is 22.4 Å². The van der Waals surface area contributed by atoms with E-state index in [1.165, 1.54) is 12.1 Å². The van der Waals surface area contributed by atoms with Gasteiger partial charge in [-0.05, 0) is 49.6 Å². The number of halogens is 1. The van der Waals surface area contributed by atoms with Crippen LogP contribution in [0.4, 0.5) is 4.39 Å². The lowest BCUT2D eigenvalue weighted by Gasteiger charge is -2.27. The molecule has 1 N–H and O–H groups in total. The van der Waals surface area contributed by atoms with Crippen molar-refractivity contribution in [3.63, 3.8) is 0 Å². The van der Waals surface area contributed by atoms with Gasteiger partial charge in [-0.1, -0.05) is 12.1 Å². The van der Waals surface area contributed by atoms with Gasteiger partial charge >= 0.3 is 0 Å². The van der Waals surface area contributed by atoms with Crippen molar-refractivity contribution < 1.29 is 13.9 Å². The van der Waals surface area contributed by atoms with Gasteiger partial charge in [-0.2, -0.15) is 0 Å². The number of morpholine rings is 1. The molecule has 2 aromatic rings. The van der Waals surface area contributed by atoms with Crippen LogP contribution in [0, 0.1) is 26.6 Å². The molecule has 25 heavy (non-hydrogen) atoms. The van der Waals surface area contributed by atoms with E-state index in [4.69, 9.17) is 4.74 Å². The highest BCUT2D eigenvalue weighted by molar-refractivity contribution is 5.94. The number of carbonyl (C=O) groups is 1. The summed E-state index contributed by atoms with van der Waals surface area (Å²) in [4.78, 5) is 12.9. The van der Waals surface area contributed by atoms with Crippen LogP contribution in [0.3, 0.4) is 0 Å². The van der Waals surface area contributed by atoms with Gasteiger partial charge in [0.1, 0.15) is 11.5 Å². The zero-order valence-corrected chi connectivity index (χ0v) is 14.9. The summed E-state index contributed by atoms with van der Waals surface area (Å²) >= 11 is 0. The lowest BCUT2D eigenvalue weighted by molar-refractivity contribution is 0.0123. The summed E-state index contributed by atoms with van der Waals surface area (Å²) in [5, 5.41) is 1.89. The standard InChI is InChI=1S/C19H24FN3O2/c1-13-14(2)18(19(24)21-22-8-10-25-11-9-22)23(15(13)3)12-16-4-6-17(20)7-5-16/h4-7H,8-12H2,1-3H3,(H,21,24). The van der Waals surface area contributed by atoms with Gasteiger partial charge in [0.15, 0.2) is 0 Å². The summed E-state index contributed by atoms with van der Waals surface area (Å²) in [6, 6.07) is 6.40. The molecule has 0 bridgehead atoms. The molecule has 1 aromatic carbocycles. The maximum atomic E-state index is 13.2. The van der Waals surface area contributed by atoms with Gasteiger partial charge in [0, 0.05) is 25.3 Å². The summed E-state index contributed by atoms with van der Waals surface area (Å²) in [5.74, 6) is -0.372. The van der Waals surface area contributed by atoms with Crippen molar-refractivity contribution in [1.29, 1.82) is 0 Å². The van der Waals surface area contributed by atoms with E-state index in [2.05, 4.69) is 5.43 Å². The number of rotatable bonds is 4. The van der Waals surface area contributed by atoms with Crippen molar-refractivity contribution in [2.24, 2.45) is 0 Å². The zero-order valence-electron chi connectivity index (χ0n) is 14.9. The van der Waals surface area contributed by atoms with E-state index in [1.54, 1.807) is 12.1 Å². The third kappa shape index (κ3) is 3.75. The molecular weight excluding hydrogens is 321 g/mol. The van der Waals surface area contributed by atoms with Crippen molar-refractivity contribution in [1.82, 2.24) is 15.0 Å². The molecule has 134 valence electrons. The fraction of sp³-hybridized carbons (Fsp3) is 0.421. The fourth-order valence-electron chi connectivity index (χ4n) is 3.16. The van der Waals surface area contributed by atoms with Crippen LogP contribution < -0.4 is 5.43 Å². The van der Waals surface area contributed by atoms with Crippen molar-refractivity contribution in [2.75, 3.05) is 26.3 Å². The predicted molar refractivity (Wildman–Crippen MR) is 94.0 cm³/mol. The minimum Gasteiger partial charge on any atom is -0.379 e. The van der Waals surface area contributed by atoms with Gasteiger partial charge in [0.2, 0.25) is 0 Å². The molecule has 2 heterocycles. The molecule has 5 nitrogen and oxygen atoms in total. The molecule has 1 aromatic heterocycles. The first-order chi connectivity index (χ1) is 12.0. The number of hydrogen-bond acceptors (Lipinski definition) is 3. The van der Waals surface area contributed by atoms with Crippen LogP contribution in [-0.4, -0.2) is 41.8 Å². The molecule has 1 fully saturated rings. The van der Waals surface area contributed by atoms with E-state index in [9.17, 15) is 9.18 Å². The average molecular weight is 345 g/mol. The Hall–Kier alpha value is -2.18. The second-order valence-corrected chi connectivity index (χ2v) is 6.44. The summed E-state index contributed by atoms with van der Waals surface area (Å²) in [7, 11) is 0. The second kappa shape index (κ2) is 7.37. The Labute approximate surface area is 147 Å². The molecule has 0 radical (unpaired) electrons. The zero-order chi connectivity index (χ0) is 18.0. The van der Waals surface area contributed by atoms with Crippen LogP contribution in [0.5, 0.6) is 0 Å². The average Bonchev–Trinajstić information content (AvgIpc) is 2.82. The molecule has 6 heteroatoms. The van der Waals surface area contributed by atoms with Crippen LogP contribution in [0.15, 0.2) is 24.3 Å². The highest BCUT2D eigenvalue weighted by Gasteiger charge is 2.23. The monoisotopic (exact) mass is 345 g/mol. The number of nitrogens with one attached hydrogen (secondary N) is 1. The summed E-state index contributed by atoms with van der Waals surface area (Å²) < 4.78 is 20.5. The molecule has 1 aliphatic rings. The lowest BCUT2D eigenvalue weighted by Crippen LogP contribution is -2.48. The SMILES string of the molecule is Cc1c(C)c(C(=O)NN2CCOCC2)n(Cc2ccc(F)cc2)c1C. The number of benzene rings is 1. The maximum Gasteiger partial charge on any atom is 0.282 e. The summed E-state index contributed by atoms with van der Waals surface area (Å²) in [6.45, 7) is 9.14. The number of hydrazine groups is 1. The van der Waals surface area contributed by atoms with Crippen molar-refractivity contribution >= 4 is 5.91 Å². The van der Waals surface area contributed by atoms with Crippen LogP contribution in [0.25, 0.3) is 0 Å². The highest BCUT2D eigenvalue weighted by Crippen LogP contribution is 2.23. The van der Waals surface area contributed by atoms with Crippen molar-refractivity contribution in [3.8, 4) is 0 Å². The Morgan fingerprint density at radius 3 is 2.40 bits per heavy atom. The van der Waals surface area contributed by atoms with Gasteiger partial charge in [0.25, 0.3) is 5.91 Å². The molecule has 1 aliphatic heterocycles. The first-order valence-electron chi connectivity index (χ1n) is 8.51. The van der Waals surface area contributed by atoms with Gasteiger partial charge in [-0.15, -0.1) is 0 Å². The minimum atomic E-state index is -0.259. The molecule has 0 unspecified atom stereocenters. The third-order valence-corrected chi connectivity index (χ3v) is 4.87. The van der Waals surface area contributed by atoms with Crippen molar-refractivity contribution in [3.05, 3.63) is 58.2 Å². The Kier molecular flexibility index (Phi) is 5.20. The number of ether oxygens (including phenoxy) is 1. The van der Waals surface area contributed by atoms with Gasteiger partial charge in [0.05, 0.1) is 13.2 Å². The van der Waals surface area contributed by atoms with E-state index in [-0.39, 0.29) is 11.7 Å². The number of nitrogens with zero attached hydrogens (tertiary/aromatic N) is 2. The number of hydrogen-bond donors (Lipinski definition) is 1. The number of amides is 1. The third-order valence-electron chi connectivity index (χ3n) is 4.87. The molecule has 0 atom stereocenters. The van der Waals surface area contributed by atoms with Crippen LogP contribution in [0.1, 0.15) is 32.9 Å². The van der Waals surface area contributed by atoms with E-state index in [1.807, 2.05) is 30.3 Å². The fourth-order valence-corrected chi connectivity index (χ4v) is 3.16. The van der Waals surface area contributed by atoms with Crippen LogP contribution in [0.2, 0.25) is 0 Å². The molecule has 1 saturated heterocycles. The molecule has 0 saturated carbocycles. The van der Waals surface area contributed by atoms with Crippen molar-refractivity contribution in [2.45, 2.75) is 27.3 Å². The highest BCUT2D eigenvalue weighted by atomic mass is 19.1. The minimum absolute atomic E-state index is 0.113. The smallest absolute Gasteiger partial charge is 0.282 e. The molecule has 0 spiro atoms. The first kappa shape index (κ1) is 17.6. The summed E-state index contributed by atoms with van der Waals surface area (Å²) in [5.41, 5.74) is 7.73. The quantitative estimate of drug-likeness (QED) is 0.926. The molecule has 3 rings (SSSR count). The predicted octanol–water partition coefficient (Wildman–Crippen LogP) is 2.58.